The molecule has 0 spiro atoms. The standard InChI is InChI=1S/C13H12FNO2/c1-15-8-2-3-11(15)12(13(16)17)9-4-6-10(14)7-5-9/h2-8,12H,1H3,(H,16,17). The van der Waals surface area contributed by atoms with E-state index in [4.69, 9.17) is 0 Å². The number of carbonyl (C=O) groups is 1. The highest BCUT2D eigenvalue weighted by atomic mass is 19.1. The lowest BCUT2D eigenvalue weighted by Crippen LogP contribution is -2.16. The van der Waals surface area contributed by atoms with Gasteiger partial charge in [-0.05, 0) is 29.8 Å². The molecule has 0 saturated carbocycles. The van der Waals surface area contributed by atoms with Crippen LogP contribution in [0.3, 0.4) is 0 Å². The highest BCUT2D eigenvalue weighted by Crippen LogP contribution is 2.25. The molecular formula is C13H12FNO2. The van der Waals surface area contributed by atoms with Gasteiger partial charge in [-0.25, -0.2) is 4.39 Å². The molecule has 4 heteroatoms. The van der Waals surface area contributed by atoms with E-state index in [1.807, 2.05) is 0 Å². The Balaban J connectivity index is 2.47. The Labute approximate surface area is 98.1 Å². The zero-order chi connectivity index (χ0) is 12.4. The Morgan fingerprint density at radius 1 is 1.29 bits per heavy atom. The van der Waals surface area contributed by atoms with E-state index in [1.165, 1.54) is 24.3 Å². The smallest absolute Gasteiger partial charge is 0.317 e. The molecule has 1 N–H and O–H groups in total. The van der Waals surface area contributed by atoms with Crippen molar-refractivity contribution in [2.24, 2.45) is 7.05 Å². The maximum absolute atomic E-state index is 12.8. The fourth-order valence-corrected chi connectivity index (χ4v) is 1.87. The van der Waals surface area contributed by atoms with Crippen molar-refractivity contribution >= 4 is 5.97 Å². The van der Waals surface area contributed by atoms with E-state index in [0.717, 1.165) is 0 Å². The molecule has 1 aromatic carbocycles. The number of rotatable bonds is 3. The minimum absolute atomic E-state index is 0.371. The number of aliphatic carboxylic acids is 1. The molecule has 0 bridgehead atoms. The number of nitrogens with zero attached hydrogens (tertiary/aromatic N) is 1. The largest absolute Gasteiger partial charge is 0.480 e. The molecule has 0 aliphatic carbocycles. The van der Waals surface area contributed by atoms with Gasteiger partial charge in [-0.1, -0.05) is 12.1 Å². The molecule has 0 amide bonds. The SMILES string of the molecule is Cn1cccc1C(C(=O)O)c1ccc(F)cc1. The van der Waals surface area contributed by atoms with Gasteiger partial charge in [-0.2, -0.15) is 0 Å². The van der Waals surface area contributed by atoms with Gasteiger partial charge in [0.15, 0.2) is 0 Å². The number of carboxylic acids is 1. The van der Waals surface area contributed by atoms with Gasteiger partial charge < -0.3 is 9.67 Å². The van der Waals surface area contributed by atoms with Crippen molar-refractivity contribution in [3.8, 4) is 0 Å². The molecule has 0 aliphatic rings. The van der Waals surface area contributed by atoms with Gasteiger partial charge in [0.2, 0.25) is 0 Å². The number of aromatic nitrogens is 1. The first-order valence-corrected chi connectivity index (χ1v) is 5.19. The lowest BCUT2D eigenvalue weighted by Gasteiger charge is -2.14. The number of benzene rings is 1. The Bertz CT molecular complexity index is 531. The normalized spacial score (nSPS) is 12.4. The zero-order valence-electron chi connectivity index (χ0n) is 9.30. The van der Waals surface area contributed by atoms with Crippen LogP contribution in [-0.4, -0.2) is 15.6 Å². The maximum atomic E-state index is 12.8. The molecule has 0 saturated heterocycles. The molecule has 1 aromatic heterocycles. The molecule has 88 valence electrons. The van der Waals surface area contributed by atoms with Crippen molar-refractivity contribution in [1.82, 2.24) is 4.57 Å². The minimum Gasteiger partial charge on any atom is -0.480 e. The molecule has 0 fully saturated rings. The lowest BCUT2D eigenvalue weighted by molar-refractivity contribution is -0.137. The van der Waals surface area contributed by atoms with Crippen LogP contribution < -0.4 is 0 Å². The summed E-state index contributed by atoms with van der Waals surface area (Å²) in [7, 11) is 1.79. The Morgan fingerprint density at radius 3 is 2.41 bits per heavy atom. The summed E-state index contributed by atoms with van der Waals surface area (Å²) < 4.78 is 14.6. The molecule has 0 aliphatic heterocycles. The van der Waals surface area contributed by atoms with Crippen LogP contribution in [0.4, 0.5) is 4.39 Å². The second-order valence-corrected chi connectivity index (χ2v) is 3.87. The van der Waals surface area contributed by atoms with Gasteiger partial charge in [0.05, 0.1) is 0 Å². The van der Waals surface area contributed by atoms with E-state index in [0.29, 0.717) is 11.3 Å². The van der Waals surface area contributed by atoms with Gasteiger partial charge in [-0.3, -0.25) is 4.79 Å². The Hall–Kier alpha value is -2.10. The number of carboxylic acid groups (broad SMARTS) is 1. The van der Waals surface area contributed by atoms with Crippen LogP contribution in [0.1, 0.15) is 17.2 Å². The fourth-order valence-electron chi connectivity index (χ4n) is 1.87. The van der Waals surface area contributed by atoms with Crippen LogP contribution in [0.15, 0.2) is 42.6 Å². The Morgan fingerprint density at radius 2 is 1.94 bits per heavy atom. The van der Waals surface area contributed by atoms with E-state index in [2.05, 4.69) is 0 Å². The second kappa shape index (κ2) is 4.41. The molecular weight excluding hydrogens is 221 g/mol. The van der Waals surface area contributed by atoms with E-state index in [-0.39, 0.29) is 5.82 Å². The van der Waals surface area contributed by atoms with Gasteiger partial charge in [0.25, 0.3) is 0 Å². The molecule has 2 aromatic rings. The van der Waals surface area contributed by atoms with E-state index < -0.39 is 11.9 Å². The summed E-state index contributed by atoms with van der Waals surface area (Å²) >= 11 is 0. The van der Waals surface area contributed by atoms with Crippen molar-refractivity contribution in [2.45, 2.75) is 5.92 Å². The number of hydrogen-bond acceptors (Lipinski definition) is 1. The van der Waals surface area contributed by atoms with Crippen molar-refractivity contribution in [3.63, 3.8) is 0 Å². The van der Waals surface area contributed by atoms with Crippen molar-refractivity contribution in [2.75, 3.05) is 0 Å². The van der Waals surface area contributed by atoms with E-state index >= 15 is 0 Å². The summed E-state index contributed by atoms with van der Waals surface area (Å²) in [5.74, 6) is -2.08. The van der Waals surface area contributed by atoms with Crippen LogP contribution in [0.25, 0.3) is 0 Å². The average molecular weight is 233 g/mol. The predicted molar refractivity (Wildman–Crippen MR) is 61.3 cm³/mol. The minimum atomic E-state index is -0.946. The summed E-state index contributed by atoms with van der Waals surface area (Å²) in [5, 5.41) is 9.29. The molecule has 1 atom stereocenters. The lowest BCUT2D eigenvalue weighted by atomic mass is 9.96. The van der Waals surface area contributed by atoms with Crippen molar-refractivity contribution in [3.05, 3.63) is 59.7 Å². The monoisotopic (exact) mass is 233 g/mol. The molecule has 1 unspecified atom stereocenters. The maximum Gasteiger partial charge on any atom is 0.317 e. The molecule has 2 rings (SSSR count). The highest BCUT2D eigenvalue weighted by Gasteiger charge is 2.24. The average Bonchev–Trinajstić information content (AvgIpc) is 2.68. The second-order valence-electron chi connectivity index (χ2n) is 3.87. The van der Waals surface area contributed by atoms with Crippen LogP contribution in [0.2, 0.25) is 0 Å². The summed E-state index contributed by atoms with van der Waals surface area (Å²) in [5.41, 5.74) is 1.24. The van der Waals surface area contributed by atoms with Crippen LogP contribution in [0.5, 0.6) is 0 Å². The first-order chi connectivity index (χ1) is 8.09. The third-order valence-corrected chi connectivity index (χ3v) is 2.73. The zero-order valence-corrected chi connectivity index (χ0v) is 9.30. The van der Waals surface area contributed by atoms with Crippen molar-refractivity contribution < 1.29 is 14.3 Å². The van der Waals surface area contributed by atoms with Crippen LogP contribution >= 0.6 is 0 Å². The van der Waals surface area contributed by atoms with Crippen LogP contribution in [-0.2, 0) is 11.8 Å². The Kier molecular flexibility index (Phi) is 2.95. The summed E-state index contributed by atoms with van der Waals surface area (Å²) in [6, 6.07) is 9.08. The third-order valence-electron chi connectivity index (χ3n) is 2.73. The summed E-state index contributed by atoms with van der Waals surface area (Å²) in [6.07, 6.45) is 1.79. The van der Waals surface area contributed by atoms with Gasteiger partial charge in [0, 0.05) is 18.9 Å². The van der Waals surface area contributed by atoms with Gasteiger partial charge in [0.1, 0.15) is 11.7 Å². The predicted octanol–water partition coefficient (Wildman–Crippen LogP) is 2.38. The number of hydrogen-bond donors (Lipinski definition) is 1. The van der Waals surface area contributed by atoms with Gasteiger partial charge in [-0.15, -0.1) is 0 Å². The first-order valence-electron chi connectivity index (χ1n) is 5.19. The van der Waals surface area contributed by atoms with Gasteiger partial charge >= 0.3 is 5.97 Å². The molecule has 1 heterocycles. The molecule has 3 nitrogen and oxygen atoms in total. The number of halogens is 1. The van der Waals surface area contributed by atoms with Crippen LogP contribution in [0, 0.1) is 5.82 Å². The van der Waals surface area contributed by atoms with E-state index in [9.17, 15) is 14.3 Å². The molecule has 17 heavy (non-hydrogen) atoms. The molecule has 0 radical (unpaired) electrons. The quantitative estimate of drug-likeness (QED) is 0.884. The topological polar surface area (TPSA) is 42.2 Å². The van der Waals surface area contributed by atoms with E-state index in [1.54, 1.807) is 29.9 Å². The summed E-state index contributed by atoms with van der Waals surface area (Å²) in [4.78, 5) is 11.3. The third kappa shape index (κ3) is 2.20. The number of aryl methyl sites for hydroxylation is 1. The first kappa shape index (κ1) is 11.4. The van der Waals surface area contributed by atoms with Crippen molar-refractivity contribution in [1.29, 1.82) is 0 Å². The fraction of sp³-hybridized carbons (Fsp3) is 0.154. The highest BCUT2D eigenvalue weighted by molar-refractivity contribution is 5.79. The summed E-state index contributed by atoms with van der Waals surface area (Å²) in [6.45, 7) is 0.